The number of halogens is 4. The van der Waals surface area contributed by atoms with Crippen LogP contribution in [0.25, 0.3) is 0 Å². The Morgan fingerprint density at radius 2 is 1.86 bits per heavy atom. The topological polar surface area (TPSA) is 41.1 Å². The largest absolute Gasteiger partial charge is 0.416 e. The Hall–Kier alpha value is -1.27. The van der Waals surface area contributed by atoms with Gasteiger partial charge in [0.15, 0.2) is 0 Å². The summed E-state index contributed by atoms with van der Waals surface area (Å²) in [6.07, 6.45) is -1.90. The molecule has 0 aliphatic heterocycles. The number of hydrogen-bond acceptors (Lipinski definition) is 2. The average Bonchev–Trinajstić information content (AvgIpc) is 3.22. The fourth-order valence-electron chi connectivity index (χ4n) is 2.05. The van der Waals surface area contributed by atoms with E-state index in [0.29, 0.717) is 11.5 Å². The molecule has 0 saturated heterocycles. The van der Waals surface area contributed by atoms with Crippen molar-refractivity contribution in [3.8, 4) is 0 Å². The predicted molar refractivity (Wildman–Crippen MR) is 80.8 cm³/mol. The van der Waals surface area contributed by atoms with Gasteiger partial charge in [0, 0.05) is 0 Å². The second kappa shape index (κ2) is 7.83. The molecule has 0 bridgehead atoms. The van der Waals surface area contributed by atoms with E-state index in [9.17, 15) is 18.0 Å². The molecule has 7 heteroatoms. The van der Waals surface area contributed by atoms with Gasteiger partial charge in [0.05, 0.1) is 18.2 Å². The van der Waals surface area contributed by atoms with E-state index in [1.54, 1.807) is 6.92 Å². The number of benzene rings is 1. The van der Waals surface area contributed by atoms with Crippen LogP contribution in [0.2, 0.25) is 0 Å². The first-order valence-electron chi connectivity index (χ1n) is 7.03. The molecule has 1 unspecified atom stereocenters. The summed E-state index contributed by atoms with van der Waals surface area (Å²) in [6.45, 7) is 2.84. The summed E-state index contributed by atoms with van der Waals surface area (Å²) in [5, 5.41) is 5.84. The van der Waals surface area contributed by atoms with Gasteiger partial charge in [-0.05, 0) is 49.9 Å². The normalized spacial score (nSPS) is 15.8. The Bertz CT molecular complexity index is 487. The van der Waals surface area contributed by atoms with E-state index >= 15 is 0 Å². The summed E-state index contributed by atoms with van der Waals surface area (Å²) in [5.74, 6) is 0.549. The third-order valence-electron chi connectivity index (χ3n) is 3.53. The van der Waals surface area contributed by atoms with Gasteiger partial charge in [-0.25, -0.2) is 0 Å². The molecule has 3 nitrogen and oxygen atoms in total. The standard InChI is InChI=1S/C15H19F3N2O.ClH/c1-10(20-14(21)9-19-8-11-2-3-11)12-4-6-13(7-5-12)15(16,17)18;/h4-7,10-11,19H,2-3,8-9H2,1H3,(H,20,21);1H. The fourth-order valence-corrected chi connectivity index (χ4v) is 2.05. The molecule has 1 saturated carbocycles. The number of hydrogen-bond donors (Lipinski definition) is 2. The van der Waals surface area contributed by atoms with Crippen LogP contribution in [-0.4, -0.2) is 19.0 Å². The fraction of sp³-hybridized carbons (Fsp3) is 0.533. The van der Waals surface area contributed by atoms with Crippen LogP contribution < -0.4 is 10.6 Å². The van der Waals surface area contributed by atoms with Gasteiger partial charge in [-0.1, -0.05) is 12.1 Å². The third-order valence-corrected chi connectivity index (χ3v) is 3.53. The summed E-state index contributed by atoms with van der Waals surface area (Å²) in [7, 11) is 0. The first-order valence-corrected chi connectivity index (χ1v) is 7.03. The van der Waals surface area contributed by atoms with Gasteiger partial charge in [0.2, 0.25) is 5.91 Å². The van der Waals surface area contributed by atoms with Crippen molar-refractivity contribution in [3.05, 3.63) is 35.4 Å². The monoisotopic (exact) mass is 336 g/mol. The lowest BCUT2D eigenvalue weighted by Gasteiger charge is -2.15. The molecule has 1 amide bonds. The van der Waals surface area contributed by atoms with Gasteiger partial charge < -0.3 is 10.6 Å². The van der Waals surface area contributed by atoms with Gasteiger partial charge in [-0.2, -0.15) is 13.2 Å². The molecule has 1 fully saturated rings. The highest BCUT2D eigenvalue weighted by atomic mass is 35.5. The number of carbonyl (C=O) groups is 1. The van der Waals surface area contributed by atoms with Crippen molar-refractivity contribution in [1.29, 1.82) is 0 Å². The van der Waals surface area contributed by atoms with E-state index in [1.165, 1.54) is 25.0 Å². The second-order valence-corrected chi connectivity index (χ2v) is 5.48. The van der Waals surface area contributed by atoms with Crippen LogP contribution >= 0.6 is 12.4 Å². The molecule has 1 aromatic carbocycles. The van der Waals surface area contributed by atoms with E-state index < -0.39 is 11.7 Å². The molecule has 1 aliphatic rings. The highest BCUT2D eigenvalue weighted by Gasteiger charge is 2.30. The minimum atomic E-state index is -4.34. The van der Waals surface area contributed by atoms with Crippen molar-refractivity contribution in [2.45, 2.75) is 32.0 Å². The zero-order chi connectivity index (χ0) is 15.5. The van der Waals surface area contributed by atoms with Gasteiger partial charge in [0.1, 0.15) is 0 Å². The Morgan fingerprint density at radius 1 is 1.27 bits per heavy atom. The maximum absolute atomic E-state index is 12.5. The van der Waals surface area contributed by atoms with Crippen LogP contribution in [0.5, 0.6) is 0 Å². The molecule has 2 N–H and O–H groups in total. The molecule has 0 radical (unpaired) electrons. The number of amides is 1. The minimum absolute atomic E-state index is 0. The van der Waals surface area contributed by atoms with Crippen LogP contribution in [0, 0.1) is 5.92 Å². The molecular weight excluding hydrogens is 317 g/mol. The van der Waals surface area contributed by atoms with Crippen molar-refractivity contribution in [2.24, 2.45) is 5.92 Å². The van der Waals surface area contributed by atoms with E-state index in [4.69, 9.17) is 0 Å². The molecule has 2 rings (SSSR count). The molecule has 1 aromatic rings. The Kier molecular flexibility index (Phi) is 6.68. The van der Waals surface area contributed by atoms with Crippen LogP contribution in [0.15, 0.2) is 24.3 Å². The Morgan fingerprint density at radius 3 is 2.36 bits per heavy atom. The van der Waals surface area contributed by atoms with Crippen LogP contribution in [0.1, 0.15) is 36.9 Å². The Labute approximate surface area is 134 Å². The van der Waals surface area contributed by atoms with Crippen LogP contribution in [0.4, 0.5) is 13.2 Å². The van der Waals surface area contributed by atoms with Crippen LogP contribution in [0.3, 0.4) is 0 Å². The van der Waals surface area contributed by atoms with Crippen LogP contribution in [-0.2, 0) is 11.0 Å². The Balaban J connectivity index is 0.00000242. The molecule has 0 heterocycles. The highest BCUT2D eigenvalue weighted by molar-refractivity contribution is 5.85. The number of rotatable bonds is 6. The molecule has 1 aliphatic carbocycles. The predicted octanol–water partition coefficient (Wildman–Crippen LogP) is 3.30. The maximum Gasteiger partial charge on any atom is 0.416 e. The lowest BCUT2D eigenvalue weighted by Crippen LogP contribution is -2.36. The summed E-state index contributed by atoms with van der Waals surface area (Å²) in [4.78, 5) is 11.7. The number of alkyl halides is 3. The first kappa shape index (κ1) is 18.8. The molecular formula is C15H20ClF3N2O. The second-order valence-electron chi connectivity index (χ2n) is 5.48. The molecule has 0 spiro atoms. The molecule has 124 valence electrons. The zero-order valence-electron chi connectivity index (χ0n) is 12.2. The van der Waals surface area contributed by atoms with Crippen molar-refractivity contribution >= 4 is 18.3 Å². The van der Waals surface area contributed by atoms with E-state index in [1.807, 2.05) is 0 Å². The lowest BCUT2D eigenvalue weighted by molar-refractivity contribution is -0.137. The van der Waals surface area contributed by atoms with Gasteiger partial charge in [-0.15, -0.1) is 12.4 Å². The quantitative estimate of drug-likeness (QED) is 0.837. The zero-order valence-corrected chi connectivity index (χ0v) is 13.1. The summed E-state index contributed by atoms with van der Waals surface area (Å²) < 4.78 is 37.4. The van der Waals surface area contributed by atoms with Gasteiger partial charge in [-0.3, -0.25) is 4.79 Å². The van der Waals surface area contributed by atoms with Gasteiger partial charge in [0.25, 0.3) is 0 Å². The van der Waals surface area contributed by atoms with E-state index in [0.717, 1.165) is 18.7 Å². The van der Waals surface area contributed by atoms with E-state index in [-0.39, 0.29) is 30.9 Å². The van der Waals surface area contributed by atoms with Gasteiger partial charge >= 0.3 is 6.18 Å². The first-order chi connectivity index (χ1) is 9.86. The van der Waals surface area contributed by atoms with Crippen molar-refractivity contribution < 1.29 is 18.0 Å². The minimum Gasteiger partial charge on any atom is -0.348 e. The summed E-state index contributed by atoms with van der Waals surface area (Å²) in [5.41, 5.74) is -0.0329. The highest BCUT2D eigenvalue weighted by Crippen LogP contribution is 2.30. The average molecular weight is 337 g/mol. The SMILES string of the molecule is CC(NC(=O)CNCC1CC1)c1ccc(C(F)(F)F)cc1.Cl. The molecule has 1 atom stereocenters. The summed E-state index contributed by atoms with van der Waals surface area (Å²) in [6, 6.07) is 4.53. The van der Waals surface area contributed by atoms with Crippen molar-refractivity contribution in [2.75, 3.05) is 13.1 Å². The number of nitrogens with one attached hydrogen (secondary N) is 2. The van der Waals surface area contributed by atoms with Crippen molar-refractivity contribution in [1.82, 2.24) is 10.6 Å². The third kappa shape index (κ3) is 5.85. The smallest absolute Gasteiger partial charge is 0.348 e. The maximum atomic E-state index is 12.5. The summed E-state index contributed by atoms with van der Waals surface area (Å²) >= 11 is 0. The lowest BCUT2D eigenvalue weighted by atomic mass is 10.1. The van der Waals surface area contributed by atoms with E-state index in [2.05, 4.69) is 10.6 Å². The molecule has 22 heavy (non-hydrogen) atoms. The number of carbonyl (C=O) groups excluding carboxylic acids is 1. The molecule has 0 aromatic heterocycles. The van der Waals surface area contributed by atoms with Crippen molar-refractivity contribution in [3.63, 3.8) is 0 Å².